The minimum atomic E-state index is -0.375. The van der Waals surface area contributed by atoms with E-state index >= 15 is 0 Å². The summed E-state index contributed by atoms with van der Waals surface area (Å²) in [6.07, 6.45) is 2.19. The van der Waals surface area contributed by atoms with Gasteiger partial charge in [0.05, 0.1) is 12.0 Å². The van der Waals surface area contributed by atoms with Gasteiger partial charge in [0.15, 0.2) is 5.78 Å². The van der Waals surface area contributed by atoms with Crippen LogP contribution in [0.2, 0.25) is 5.02 Å². The Kier molecular flexibility index (Phi) is 4.87. The van der Waals surface area contributed by atoms with Gasteiger partial charge in [0.1, 0.15) is 11.4 Å². The Labute approximate surface area is 165 Å². The highest BCUT2D eigenvalue weighted by Gasteiger charge is 2.42. The van der Waals surface area contributed by atoms with Crippen molar-refractivity contribution >= 4 is 23.1 Å². The van der Waals surface area contributed by atoms with Gasteiger partial charge in [-0.25, -0.2) is 0 Å². The van der Waals surface area contributed by atoms with Gasteiger partial charge in [-0.05, 0) is 35.9 Å². The van der Waals surface area contributed by atoms with Gasteiger partial charge in [-0.1, -0.05) is 23.7 Å². The zero-order chi connectivity index (χ0) is 19.0. The average Bonchev–Trinajstić information content (AvgIpc) is 2.64. The molecule has 0 N–H and O–H groups in total. The van der Waals surface area contributed by atoms with Crippen molar-refractivity contribution in [1.29, 1.82) is 0 Å². The monoisotopic (exact) mass is 384 g/mol. The fourth-order valence-electron chi connectivity index (χ4n) is 4.02. The lowest BCUT2D eigenvalue weighted by Crippen LogP contribution is -2.50. The molecule has 2 aliphatic heterocycles. The van der Waals surface area contributed by atoms with Crippen molar-refractivity contribution in [3.05, 3.63) is 58.6 Å². The van der Waals surface area contributed by atoms with Gasteiger partial charge in [0, 0.05) is 57.3 Å². The summed E-state index contributed by atoms with van der Waals surface area (Å²) in [7, 11) is 4.10. The molecule has 0 bridgehead atoms. The second-order valence-electron chi connectivity index (χ2n) is 7.86. The lowest BCUT2D eigenvalue weighted by Gasteiger charge is -2.44. The summed E-state index contributed by atoms with van der Waals surface area (Å²) < 4.78 is 6.31. The second-order valence-corrected chi connectivity index (χ2v) is 8.30. The molecular weight excluding hydrogens is 360 g/mol. The summed E-state index contributed by atoms with van der Waals surface area (Å²) in [5, 5.41) is 0.609. The van der Waals surface area contributed by atoms with Crippen LogP contribution in [-0.2, 0) is 6.54 Å². The van der Waals surface area contributed by atoms with E-state index in [1.807, 2.05) is 0 Å². The Bertz CT molecular complexity index is 840. The molecule has 1 spiro atoms. The van der Waals surface area contributed by atoms with Crippen LogP contribution in [0.3, 0.4) is 0 Å². The topological polar surface area (TPSA) is 32.8 Å². The Morgan fingerprint density at radius 1 is 1.11 bits per heavy atom. The number of hydrogen-bond acceptors (Lipinski definition) is 4. The van der Waals surface area contributed by atoms with Crippen molar-refractivity contribution in [2.45, 2.75) is 31.4 Å². The molecule has 2 aliphatic rings. The Hall–Kier alpha value is -2.04. The molecule has 5 heteroatoms. The number of ketones is 1. The van der Waals surface area contributed by atoms with Crippen molar-refractivity contribution in [1.82, 2.24) is 4.90 Å². The summed E-state index contributed by atoms with van der Waals surface area (Å²) in [6, 6.07) is 14.0. The second kappa shape index (κ2) is 7.17. The summed E-state index contributed by atoms with van der Waals surface area (Å²) in [4.78, 5) is 17.1. The van der Waals surface area contributed by atoms with Gasteiger partial charge in [-0.3, -0.25) is 9.69 Å². The third-order valence-electron chi connectivity index (χ3n) is 5.68. The number of carbonyl (C=O) groups excluding carboxylic acids is 1. The maximum absolute atomic E-state index is 12.6. The van der Waals surface area contributed by atoms with Crippen molar-refractivity contribution in [3.63, 3.8) is 0 Å². The van der Waals surface area contributed by atoms with Crippen LogP contribution in [0.1, 0.15) is 35.2 Å². The van der Waals surface area contributed by atoms with Crippen molar-refractivity contribution < 1.29 is 9.53 Å². The minimum Gasteiger partial charge on any atom is -0.486 e. The quantitative estimate of drug-likeness (QED) is 0.784. The highest BCUT2D eigenvalue weighted by molar-refractivity contribution is 6.30. The number of hydrogen-bond donors (Lipinski definition) is 0. The first kappa shape index (κ1) is 18.3. The smallest absolute Gasteiger partial charge is 0.170 e. The first-order chi connectivity index (χ1) is 12.9. The van der Waals surface area contributed by atoms with Crippen LogP contribution in [0.25, 0.3) is 0 Å². The molecular formula is C22H25ClN2O2. The van der Waals surface area contributed by atoms with E-state index in [9.17, 15) is 4.79 Å². The first-order valence-corrected chi connectivity index (χ1v) is 9.82. The molecule has 142 valence electrons. The molecule has 27 heavy (non-hydrogen) atoms. The maximum Gasteiger partial charge on any atom is 0.170 e. The number of fused-ring (bicyclic) bond motifs is 1. The standard InChI is InChI=1S/C22H25ClN2O2/c1-24(2)18-6-3-16(4-7-18)15-25-11-9-22(10-12-25)14-20(26)19-8-5-17(23)13-21(19)27-22/h3-8,13H,9-12,14-15H2,1-2H3. The van der Waals surface area contributed by atoms with E-state index in [1.165, 1.54) is 11.3 Å². The highest BCUT2D eigenvalue weighted by atomic mass is 35.5. The molecule has 0 amide bonds. The maximum atomic E-state index is 12.6. The van der Waals surface area contributed by atoms with Gasteiger partial charge in [-0.2, -0.15) is 0 Å². The van der Waals surface area contributed by atoms with E-state index < -0.39 is 0 Å². The lowest BCUT2D eigenvalue weighted by molar-refractivity contribution is -0.0107. The average molecular weight is 385 g/mol. The predicted octanol–water partition coefficient (Wildman–Crippen LogP) is 4.41. The number of nitrogens with zero attached hydrogens (tertiary/aromatic N) is 2. The molecule has 0 aliphatic carbocycles. The lowest BCUT2D eigenvalue weighted by atomic mass is 9.82. The number of carbonyl (C=O) groups is 1. The summed E-state index contributed by atoms with van der Waals surface area (Å²) in [5.41, 5.74) is 2.81. The van der Waals surface area contributed by atoms with Crippen LogP contribution in [0.15, 0.2) is 42.5 Å². The van der Waals surface area contributed by atoms with Crippen LogP contribution >= 0.6 is 11.6 Å². The van der Waals surface area contributed by atoms with Crippen LogP contribution in [0.5, 0.6) is 5.75 Å². The fraction of sp³-hybridized carbons (Fsp3) is 0.409. The van der Waals surface area contributed by atoms with E-state index in [4.69, 9.17) is 16.3 Å². The van der Waals surface area contributed by atoms with Crippen molar-refractivity contribution in [2.24, 2.45) is 0 Å². The van der Waals surface area contributed by atoms with Gasteiger partial charge in [-0.15, -0.1) is 0 Å². The number of rotatable bonds is 3. The summed E-state index contributed by atoms with van der Waals surface area (Å²) in [5.74, 6) is 0.812. The summed E-state index contributed by atoms with van der Waals surface area (Å²) in [6.45, 7) is 2.79. The molecule has 1 fully saturated rings. The molecule has 2 aromatic carbocycles. The Morgan fingerprint density at radius 2 is 1.81 bits per heavy atom. The normalized spacial score (nSPS) is 18.9. The third kappa shape index (κ3) is 3.83. The third-order valence-corrected chi connectivity index (χ3v) is 5.91. The van der Waals surface area contributed by atoms with Crippen molar-refractivity contribution in [3.8, 4) is 5.75 Å². The zero-order valence-electron chi connectivity index (χ0n) is 15.9. The van der Waals surface area contributed by atoms with Crippen LogP contribution in [0, 0.1) is 0 Å². The van der Waals surface area contributed by atoms with Gasteiger partial charge in [0.2, 0.25) is 0 Å². The molecule has 1 saturated heterocycles. The predicted molar refractivity (Wildman–Crippen MR) is 109 cm³/mol. The van der Waals surface area contributed by atoms with Gasteiger partial charge in [0.25, 0.3) is 0 Å². The van der Waals surface area contributed by atoms with Crippen LogP contribution in [-0.4, -0.2) is 43.5 Å². The fourth-order valence-corrected chi connectivity index (χ4v) is 4.19. The SMILES string of the molecule is CN(C)c1ccc(CN2CCC3(CC2)CC(=O)c2ccc(Cl)cc2O3)cc1. The molecule has 2 aromatic rings. The molecule has 0 saturated carbocycles. The van der Waals surface area contributed by atoms with Crippen molar-refractivity contribution in [2.75, 3.05) is 32.1 Å². The molecule has 2 heterocycles. The van der Waals surface area contributed by atoms with E-state index in [0.717, 1.165) is 32.5 Å². The number of piperidine rings is 1. The number of benzene rings is 2. The molecule has 0 radical (unpaired) electrons. The molecule has 0 unspecified atom stereocenters. The van der Waals surface area contributed by atoms with E-state index in [-0.39, 0.29) is 11.4 Å². The van der Waals surface area contributed by atoms with Gasteiger partial charge >= 0.3 is 0 Å². The summed E-state index contributed by atoms with van der Waals surface area (Å²) >= 11 is 6.09. The number of anilines is 1. The number of likely N-dealkylation sites (tertiary alicyclic amines) is 1. The minimum absolute atomic E-state index is 0.167. The molecule has 0 atom stereocenters. The van der Waals surface area contributed by atoms with Gasteiger partial charge < -0.3 is 9.64 Å². The first-order valence-electron chi connectivity index (χ1n) is 9.45. The number of halogens is 1. The highest BCUT2D eigenvalue weighted by Crippen LogP contribution is 2.40. The van der Waals surface area contributed by atoms with Crippen LogP contribution < -0.4 is 9.64 Å². The molecule has 0 aromatic heterocycles. The zero-order valence-corrected chi connectivity index (χ0v) is 16.6. The van der Waals surface area contributed by atoms with E-state index in [0.29, 0.717) is 22.8 Å². The Balaban J connectivity index is 1.41. The number of Topliss-reactive ketones (excluding diaryl/α,β-unsaturated/α-hetero) is 1. The van der Waals surface area contributed by atoms with E-state index in [2.05, 4.69) is 48.2 Å². The van der Waals surface area contributed by atoms with Crippen LogP contribution in [0.4, 0.5) is 5.69 Å². The number of ether oxygens (including phenoxy) is 1. The Morgan fingerprint density at radius 3 is 2.48 bits per heavy atom. The molecule has 4 rings (SSSR count). The molecule has 4 nitrogen and oxygen atoms in total. The van der Waals surface area contributed by atoms with E-state index in [1.54, 1.807) is 18.2 Å². The largest absolute Gasteiger partial charge is 0.486 e.